The molecule has 1 saturated heterocycles. The number of hydrazone groups is 1. The van der Waals surface area contributed by atoms with Crippen LogP contribution in [0.1, 0.15) is 12.5 Å². The minimum absolute atomic E-state index is 0.115. The lowest BCUT2D eigenvalue weighted by atomic mass is 10.1. The maximum absolute atomic E-state index is 14.0. The largest absolute Gasteiger partial charge is 0.454 e. The van der Waals surface area contributed by atoms with Crippen LogP contribution in [0.2, 0.25) is 0 Å². The van der Waals surface area contributed by atoms with Crippen molar-refractivity contribution in [3.63, 3.8) is 0 Å². The van der Waals surface area contributed by atoms with E-state index in [1.807, 2.05) is 29.2 Å². The number of piperazine rings is 1. The molecular weight excluding hydrogens is 507 g/mol. The van der Waals surface area contributed by atoms with E-state index < -0.39 is 23.4 Å². The molecule has 0 saturated carbocycles. The lowest BCUT2D eigenvalue weighted by Crippen LogP contribution is -2.46. The van der Waals surface area contributed by atoms with E-state index in [-0.39, 0.29) is 17.6 Å². The number of fused-ring (bicyclic) bond motifs is 2. The SMILES string of the molecule is C/C(=C1\C(=O)N(c2nc3ccccc3s2)N=C1C(F)(F)F)N1CCN(Cc2ccc3c(c2)OCO3)CC1. The van der Waals surface area contributed by atoms with Gasteiger partial charge in [-0.1, -0.05) is 29.5 Å². The van der Waals surface area contributed by atoms with E-state index in [4.69, 9.17) is 9.47 Å². The number of amides is 1. The molecule has 0 N–H and O–H groups in total. The number of rotatable bonds is 4. The van der Waals surface area contributed by atoms with Gasteiger partial charge >= 0.3 is 6.18 Å². The van der Waals surface area contributed by atoms with Crippen LogP contribution in [0.25, 0.3) is 10.2 Å². The first-order chi connectivity index (χ1) is 17.8. The number of hydrogen-bond donors (Lipinski definition) is 0. The molecule has 37 heavy (non-hydrogen) atoms. The molecule has 2 aromatic carbocycles. The number of allylic oxidation sites excluding steroid dienone is 1. The maximum atomic E-state index is 14.0. The number of carbonyl (C=O) groups excluding carboxylic acids is 1. The number of carbonyl (C=O) groups is 1. The highest BCUT2D eigenvalue weighted by molar-refractivity contribution is 7.22. The van der Waals surface area contributed by atoms with Gasteiger partial charge in [-0.15, -0.1) is 0 Å². The smallest absolute Gasteiger partial charge is 0.436 e. The monoisotopic (exact) mass is 529 g/mol. The van der Waals surface area contributed by atoms with E-state index in [9.17, 15) is 18.0 Å². The summed E-state index contributed by atoms with van der Waals surface area (Å²) in [5, 5.41) is 4.60. The molecule has 6 rings (SSSR count). The molecule has 0 bridgehead atoms. The fraction of sp³-hybridized carbons (Fsp3) is 0.320. The van der Waals surface area contributed by atoms with Gasteiger partial charge in [-0.3, -0.25) is 9.69 Å². The van der Waals surface area contributed by atoms with Gasteiger partial charge in [-0.05, 0) is 36.8 Å². The molecule has 0 radical (unpaired) electrons. The van der Waals surface area contributed by atoms with Gasteiger partial charge in [0.1, 0.15) is 0 Å². The third-order valence-electron chi connectivity index (χ3n) is 6.63. The molecule has 12 heteroatoms. The normalized spacial score (nSPS) is 19.7. The van der Waals surface area contributed by atoms with Gasteiger partial charge in [0.2, 0.25) is 11.9 Å². The lowest BCUT2D eigenvalue weighted by molar-refractivity contribution is -0.114. The van der Waals surface area contributed by atoms with Crippen molar-refractivity contribution in [3.05, 3.63) is 59.3 Å². The number of ether oxygens (including phenoxy) is 2. The fourth-order valence-electron chi connectivity index (χ4n) is 4.70. The Morgan fingerprint density at radius 2 is 1.81 bits per heavy atom. The van der Waals surface area contributed by atoms with E-state index in [0.717, 1.165) is 32.4 Å². The standard InChI is InChI=1S/C25H22F3N5O3S/c1-15(32-10-8-31(9-11-32)13-16-6-7-18-19(12-16)36-14-35-18)21-22(25(26,27)28)30-33(23(21)34)24-29-17-4-2-3-5-20(17)37-24/h2-7,12H,8-11,13-14H2,1H3/b21-15+. The average molecular weight is 530 g/mol. The van der Waals surface area contributed by atoms with E-state index in [0.29, 0.717) is 44.0 Å². The van der Waals surface area contributed by atoms with Crippen molar-refractivity contribution in [3.8, 4) is 11.5 Å². The van der Waals surface area contributed by atoms with Crippen LogP contribution in [0.15, 0.2) is 58.8 Å². The first kappa shape index (κ1) is 23.7. The van der Waals surface area contributed by atoms with Gasteiger partial charge in [0, 0.05) is 38.4 Å². The predicted octanol–water partition coefficient (Wildman–Crippen LogP) is 4.38. The Balaban J connectivity index is 1.21. The number of benzene rings is 2. The first-order valence-corrected chi connectivity index (χ1v) is 12.5. The quantitative estimate of drug-likeness (QED) is 0.468. The number of thiazole rings is 1. The zero-order chi connectivity index (χ0) is 25.7. The van der Waals surface area contributed by atoms with E-state index in [1.165, 1.54) is 0 Å². The minimum atomic E-state index is -4.78. The number of nitrogens with zero attached hydrogens (tertiary/aromatic N) is 5. The molecule has 0 atom stereocenters. The van der Waals surface area contributed by atoms with E-state index >= 15 is 0 Å². The Morgan fingerprint density at radius 3 is 2.57 bits per heavy atom. The van der Waals surface area contributed by atoms with Gasteiger partial charge in [-0.25, -0.2) is 4.98 Å². The van der Waals surface area contributed by atoms with Crippen LogP contribution in [0, 0.1) is 0 Å². The van der Waals surface area contributed by atoms with Gasteiger partial charge in [0.05, 0.1) is 15.8 Å². The highest BCUT2D eigenvalue weighted by atomic mass is 32.1. The summed E-state index contributed by atoms with van der Waals surface area (Å²) in [6, 6.07) is 12.9. The number of anilines is 1. The van der Waals surface area contributed by atoms with Crippen LogP contribution in [0.4, 0.5) is 18.3 Å². The predicted molar refractivity (Wildman–Crippen MR) is 133 cm³/mol. The summed E-state index contributed by atoms with van der Waals surface area (Å²) in [7, 11) is 0. The van der Waals surface area contributed by atoms with E-state index in [2.05, 4.69) is 15.0 Å². The van der Waals surface area contributed by atoms with Crippen molar-refractivity contribution in [1.29, 1.82) is 0 Å². The van der Waals surface area contributed by atoms with Crippen molar-refractivity contribution < 1.29 is 27.4 Å². The van der Waals surface area contributed by atoms with Crippen LogP contribution in [0.5, 0.6) is 11.5 Å². The molecule has 0 aliphatic carbocycles. The Bertz CT molecular complexity index is 1410. The molecule has 4 heterocycles. The van der Waals surface area contributed by atoms with Crippen molar-refractivity contribution in [2.75, 3.05) is 38.0 Å². The summed E-state index contributed by atoms with van der Waals surface area (Å²) in [4.78, 5) is 21.7. The van der Waals surface area contributed by atoms with Crippen LogP contribution in [0.3, 0.4) is 0 Å². The summed E-state index contributed by atoms with van der Waals surface area (Å²) < 4.78 is 53.6. The molecule has 3 aromatic rings. The maximum Gasteiger partial charge on any atom is 0.436 e. The third kappa shape index (κ3) is 4.40. The molecule has 3 aliphatic rings. The van der Waals surface area contributed by atoms with Crippen molar-refractivity contribution in [2.24, 2.45) is 5.10 Å². The highest BCUT2D eigenvalue weighted by Gasteiger charge is 2.49. The van der Waals surface area contributed by atoms with Crippen LogP contribution < -0.4 is 14.5 Å². The second-order valence-corrected chi connectivity index (χ2v) is 9.95. The summed E-state index contributed by atoms with van der Waals surface area (Å²) in [6.45, 7) is 4.69. The van der Waals surface area contributed by atoms with Crippen LogP contribution in [-0.4, -0.2) is 65.6 Å². The molecule has 192 valence electrons. The average Bonchev–Trinajstić information content (AvgIpc) is 3.60. The molecule has 1 aromatic heterocycles. The first-order valence-electron chi connectivity index (χ1n) is 11.7. The summed E-state index contributed by atoms with van der Waals surface area (Å²) in [6.07, 6.45) is -4.78. The number of para-hydroxylation sites is 1. The molecule has 3 aliphatic heterocycles. The molecule has 8 nitrogen and oxygen atoms in total. The number of halogens is 3. The van der Waals surface area contributed by atoms with Crippen molar-refractivity contribution in [1.82, 2.24) is 14.8 Å². The minimum Gasteiger partial charge on any atom is -0.454 e. The van der Waals surface area contributed by atoms with E-state index in [1.54, 1.807) is 25.1 Å². The topological polar surface area (TPSA) is 70.5 Å². The van der Waals surface area contributed by atoms with Gasteiger partial charge in [-0.2, -0.15) is 23.3 Å². The molecule has 1 amide bonds. The van der Waals surface area contributed by atoms with Gasteiger partial charge < -0.3 is 14.4 Å². The lowest BCUT2D eigenvalue weighted by Gasteiger charge is -2.37. The van der Waals surface area contributed by atoms with Gasteiger partial charge in [0.15, 0.2) is 17.2 Å². The molecule has 0 unspecified atom stereocenters. The Morgan fingerprint density at radius 1 is 1.05 bits per heavy atom. The summed E-state index contributed by atoms with van der Waals surface area (Å²) in [5.74, 6) is 0.624. The Labute approximate surface area is 214 Å². The van der Waals surface area contributed by atoms with Crippen LogP contribution >= 0.6 is 11.3 Å². The fourth-order valence-corrected chi connectivity index (χ4v) is 5.62. The van der Waals surface area contributed by atoms with Crippen molar-refractivity contribution in [2.45, 2.75) is 19.6 Å². The molecule has 1 fully saturated rings. The Hall–Kier alpha value is -3.64. The van der Waals surface area contributed by atoms with Gasteiger partial charge in [0.25, 0.3) is 5.91 Å². The summed E-state index contributed by atoms with van der Waals surface area (Å²) >= 11 is 1.13. The third-order valence-corrected chi connectivity index (χ3v) is 7.64. The second-order valence-electron chi connectivity index (χ2n) is 8.94. The van der Waals surface area contributed by atoms with Crippen molar-refractivity contribution >= 4 is 38.3 Å². The second kappa shape index (κ2) is 9.03. The highest BCUT2D eigenvalue weighted by Crippen LogP contribution is 2.37. The summed E-state index contributed by atoms with van der Waals surface area (Å²) in [5.41, 5.74) is 0.337. The Kier molecular flexibility index (Phi) is 5.80. The number of aromatic nitrogens is 1. The van der Waals surface area contributed by atoms with Crippen LogP contribution in [-0.2, 0) is 11.3 Å². The number of alkyl halides is 3. The zero-order valence-corrected chi connectivity index (χ0v) is 20.6. The molecular formula is C25H22F3N5O3S. The number of hydrogen-bond acceptors (Lipinski definition) is 8. The zero-order valence-electron chi connectivity index (χ0n) is 19.8. The molecule has 0 spiro atoms.